The van der Waals surface area contributed by atoms with Gasteiger partial charge in [0.05, 0.1) is 0 Å². The fraction of sp³-hybridized carbons (Fsp3) is 0.846. The molecule has 2 aliphatic carbocycles. The van der Waals surface area contributed by atoms with E-state index in [9.17, 15) is 4.79 Å². The minimum absolute atomic E-state index is 0.0371. The second-order valence-corrected chi connectivity index (χ2v) is 5.62. The lowest BCUT2D eigenvalue weighted by Crippen LogP contribution is -2.35. The molecule has 0 aromatic heterocycles. The largest absolute Gasteiger partial charge is 0.299 e. The van der Waals surface area contributed by atoms with Crippen molar-refractivity contribution in [2.75, 3.05) is 0 Å². The molecule has 0 saturated heterocycles. The predicted octanol–water partition coefficient (Wildman–Crippen LogP) is 3.39. The number of fused-ring (bicyclic) bond motifs is 2. The highest BCUT2D eigenvalue weighted by molar-refractivity contribution is 5.89. The van der Waals surface area contributed by atoms with Crippen LogP contribution in [0.2, 0.25) is 0 Å². The van der Waals surface area contributed by atoms with Crippen molar-refractivity contribution in [2.45, 2.75) is 52.4 Å². The molecular weight excluding hydrogens is 172 g/mol. The summed E-state index contributed by atoms with van der Waals surface area (Å²) in [4.78, 5) is 12.1. The van der Waals surface area contributed by atoms with Gasteiger partial charge < -0.3 is 0 Å². The molecule has 2 rings (SSSR count). The van der Waals surface area contributed by atoms with E-state index >= 15 is 0 Å². The van der Waals surface area contributed by atoms with Gasteiger partial charge in [0.15, 0.2) is 0 Å². The third-order valence-electron chi connectivity index (χ3n) is 4.99. The summed E-state index contributed by atoms with van der Waals surface area (Å²) in [6.07, 6.45) is 6.43. The van der Waals surface area contributed by atoms with Crippen LogP contribution in [-0.4, -0.2) is 5.78 Å². The van der Waals surface area contributed by atoms with E-state index in [1.54, 1.807) is 0 Å². The van der Waals surface area contributed by atoms with Crippen molar-refractivity contribution in [3.8, 4) is 0 Å². The zero-order chi connectivity index (χ0) is 10.4. The average molecular weight is 193 g/mol. The molecule has 1 nitrogen and oxygen atoms in total. The number of Topliss-reactive ketones (excluding diaryl/α,β-unsaturated/α-hetero) is 1. The van der Waals surface area contributed by atoms with Gasteiger partial charge >= 0.3 is 0 Å². The van der Waals surface area contributed by atoms with E-state index in [4.69, 9.17) is 0 Å². The SMILES string of the molecule is [CH2]CCCC12CCC(CC1=O)C2(C)C. The highest BCUT2D eigenvalue weighted by Gasteiger charge is 2.63. The van der Waals surface area contributed by atoms with E-state index in [1.165, 1.54) is 6.42 Å². The zero-order valence-corrected chi connectivity index (χ0v) is 9.44. The molecule has 2 unspecified atom stereocenters. The summed E-state index contributed by atoms with van der Waals surface area (Å²) in [6, 6.07) is 0. The number of hydrogen-bond acceptors (Lipinski definition) is 1. The summed E-state index contributed by atoms with van der Waals surface area (Å²) >= 11 is 0. The third kappa shape index (κ3) is 1.04. The van der Waals surface area contributed by atoms with Crippen molar-refractivity contribution < 1.29 is 4.79 Å². The van der Waals surface area contributed by atoms with Crippen molar-refractivity contribution in [1.82, 2.24) is 0 Å². The van der Waals surface area contributed by atoms with E-state index < -0.39 is 0 Å². The van der Waals surface area contributed by atoms with Crippen molar-refractivity contribution in [2.24, 2.45) is 16.7 Å². The van der Waals surface area contributed by atoms with Gasteiger partial charge in [-0.25, -0.2) is 0 Å². The van der Waals surface area contributed by atoms with E-state index in [2.05, 4.69) is 20.8 Å². The summed E-state index contributed by atoms with van der Waals surface area (Å²) in [6.45, 7) is 8.50. The molecule has 2 saturated carbocycles. The second-order valence-electron chi connectivity index (χ2n) is 5.62. The molecule has 1 radical (unpaired) electrons. The Kier molecular flexibility index (Phi) is 2.24. The molecule has 0 spiro atoms. The van der Waals surface area contributed by atoms with Crippen LogP contribution in [0.3, 0.4) is 0 Å². The van der Waals surface area contributed by atoms with Gasteiger partial charge in [-0.05, 0) is 30.6 Å². The van der Waals surface area contributed by atoms with Gasteiger partial charge in [0, 0.05) is 11.8 Å². The zero-order valence-electron chi connectivity index (χ0n) is 9.44. The maximum Gasteiger partial charge on any atom is 0.139 e. The molecule has 14 heavy (non-hydrogen) atoms. The summed E-state index contributed by atoms with van der Waals surface area (Å²) in [7, 11) is 0. The van der Waals surface area contributed by atoms with E-state index in [0.717, 1.165) is 32.1 Å². The Morgan fingerprint density at radius 3 is 2.64 bits per heavy atom. The monoisotopic (exact) mass is 193 g/mol. The van der Waals surface area contributed by atoms with Crippen LogP contribution >= 0.6 is 0 Å². The maximum absolute atomic E-state index is 12.1. The highest BCUT2D eigenvalue weighted by atomic mass is 16.1. The summed E-state index contributed by atoms with van der Waals surface area (Å²) in [5.41, 5.74) is 0.300. The van der Waals surface area contributed by atoms with Crippen LogP contribution in [0.1, 0.15) is 52.4 Å². The second kappa shape index (κ2) is 3.08. The van der Waals surface area contributed by atoms with Crippen LogP contribution in [-0.2, 0) is 4.79 Å². The Labute approximate surface area is 87.3 Å². The smallest absolute Gasteiger partial charge is 0.139 e. The maximum atomic E-state index is 12.1. The number of rotatable bonds is 3. The van der Waals surface area contributed by atoms with Crippen LogP contribution < -0.4 is 0 Å². The van der Waals surface area contributed by atoms with Crippen LogP contribution in [0, 0.1) is 23.7 Å². The molecule has 2 fully saturated rings. The fourth-order valence-corrected chi connectivity index (χ4v) is 3.78. The standard InChI is InChI=1S/C13H21O/c1-4-5-7-13-8-6-10(9-11(13)14)12(13,2)3/h10H,1,4-9H2,2-3H3. The fourth-order valence-electron chi connectivity index (χ4n) is 3.78. The first-order chi connectivity index (χ1) is 6.54. The van der Waals surface area contributed by atoms with Crippen LogP contribution in [0.15, 0.2) is 0 Å². The third-order valence-corrected chi connectivity index (χ3v) is 4.99. The van der Waals surface area contributed by atoms with Crippen LogP contribution in [0.25, 0.3) is 0 Å². The molecule has 79 valence electrons. The minimum Gasteiger partial charge on any atom is -0.299 e. The molecule has 1 heteroatoms. The molecule has 0 heterocycles. The van der Waals surface area contributed by atoms with Gasteiger partial charge in [-0.3, -0.25) is 4.79 Å². The molecule has 2 atom stereocenters. The Morgan fingerprint density at radius 2 is 2.21 bits per heavy atom. The van der Waals surface area contributed by atoms with E-state index in [0.29, 0.717) is 11.7 Å². The quantitative estimate of drug-likeness (QED) is 0.671. The molecule has 0 aliphatic heterocycles. The van der Waals surface area contributed by atoms with Crippen LogP contribution in [0.5, 0.6) is 0 Å². The van der Waals surface area contributed by atoms with Gasteiger partial charge in [-0.2, -0.15) is 0 Å². The normalized spacial score (nSPS) is 39.4. The summed E-state index contributed by atoms with van der Waals surface area (Å²) in [5.74, 6) is 1.21. The predicted molar refractivity (Wildman–Crippen MR) is 57.8 cm³/mol. The Morgan fingerprint density at radius 1 is 1.50 bits per heavy atom. The molecule has 2 aliphatic rings. The van der Waals surface area contributed by atoms with Gasteiger partial charge in [-0.1, -0.05) is 33.6 Å². The number of unbranched alkanes of at least 4 members (excludes halogenated alkanes) is 1. The summed E-state index contributed by atoms with van der Waals surface area (Å²) in [5, 5.41) is 0. The van der Waals surface area contributed by atoms with Crippen LogP contribution in [0.4, 0.5) is 0 Å². The lowest BCUT2D eigenvalue weighted by Gasteiger charge is -2.36. The van der Waals surface area contributed by atoms with E-state index in [-0.39, 0.29) is 10.8 Å². The average Bonchev–Trinajstić information content (AvgIpc) is 2.48. The van der Waals surface area contributed by atoms with Gasteiger partial charge in [0.25, 0.3) is 0 Å². The van der Waals surface area contributed by atoms with Crippen molar-refractivity contribution in [3.05, 3.63) is 6.92 Å². The highest BCUT2D eigenvalue weighted by Crippen LogP contribution is 2.65. The lowest BCUT2D eigenvalue weighted by molar-refractivity contribution is -0.130. The Balaban J connectivity index is 2.25. The Bertz CT molecular complexity index is 254. The Hall–Kier alpha value is -0.330. The van der Waals surface area contributed by atoms with Crippen molar-refractivity contribution in [1.29, 1.82) is 0 Å². The first kappa shape index (κ1) is 10.2. The number of hydrogen-bond donors (Lipinski definition) is 0. The van der Waals surface area contributed by atoms with Crippen molar-refractivity contribution >= 4 is 5.78 Å². The summed E-state index contributed by atoms with van der Waals surface area (Å²) < 4.78 is 0. The van der Waals surface area contributed by atoms with Gasteiger partial charge in [-0.15, -0.1) is 0 Å². The first-order valence-electron chi connectivity index (χ1n) is 5.87. The van der Waals surface area contributed by atoms with Gasteiger partial charge in [0.2, 0.25) is 0 Å². The molecule has 2 bridgehead atoms. The molecule has 0 amide bonds. The molecular formula is C13H21O. The number of carbonyl (C=O) groups excluding carboxylic acids is 1. The lowest BCUT2D eigenvalue weighted by atomic mass is 9.66. The first-order valence-corrected chi connectivity index (χ1v) is 5.87. The molecule has 0 N–H and O–H groups in total. The van der Waals surface area contributed by atoms with Crippen molar-refractivity contribution in [3.63, 3.8) is 0 Å². The number of carbonyl (C=O) groups is 1. The molecule has 0 aromatic rings. The topological polar surface area (TPSA) is 17.1 Å². The molecule has 0 aromatic carbocycles. The number of ketones is 1. The minimum atomic E-state index is 0.0371. The van der Waals surface area contributed by atoms with E-state index in [1.807, 2.05) is 0 Å². The van der Waals surface area contributed by atoms with Gasteiger partial charge in [0.1, 0.15) is 5.78 Å².